The highest BCUT2D eigenvalue weighted by atomic mass is 32.1. The summed E-state index contributed by atoms with van der Waals surface area (Å²) in [6, 6.07) is 13.3. The quantitative estimate of drug-likeness (QED) is 0.582. The second kappa shape index (κ2) is 4.25. The van der Waals surface area contributed by atoms with E-state index in [1.54, 1.807) is 11.3 Å². The molecule has 2 aromatic carbocycles. The molecule has 0 bridgehead atoms. The Balaban J connectivity index is 2.10. The maximum absolute atomic E-state index is 12.6. The Morgan fingerprint density at radius 2 is 1.85 bits per heavy atom. The van der Waals surface area contributed by atoms with Gasteiger partial charge in [-0.2, -0.15) is 15.4 Å². The Labute approximate surface area is 117 Å². The molecular formula is C15H9N3OS. The first-order valence-electron chi connectivity index (χ1n) is 6.15. The molecule has 0 saturated heterocycles. The lowest BCUT2D eigenvalue weighted by Gasteiger charge is -2.02. The van der Waals surface area contributed by atoms with Gasteiger partial charge >= 0.3 is 0 Å². The van der Waals surface area contributed by atoms with Gasteiger partial charge in [-0.25, -0.2) is 0 Å². The van der Waals surface area contributed by atoms with Crippen molar-refractivity contribution in [1.82, 2.24) is 15.4 Å². The SMILES string of the molecule is O=c1c(-c2cccc3n[nH]nc23)csc2ccccc12. The van der Waals surface area contributed by atoms with E-state index in [-0.39, 0.29) is 5.43 Å². The van der Waals surface area contributed by atoms with Crippen molar-refractivity contribution in [2.75, 3.05) is 0 Å². The van der Waals surface area contributed by atoms with Crippen molar-refractivity contribution in [2.45, 2.75) is 0 Å². The fraction of sp³-hybridized carbons (Fsp3) is 0. The van der Waals surface area contributed by atoms with Gasteiger partial charge in [0.05, 0.1) is 0 Å². The first-order chi connectivity index (χ1) is 9.84. The van der Waals surface area contributed by atoms with Gasteiger partial charge in [0.15, 0.2) is 5.43 Å². The van der Waals surface area contributed by atoms with Gasteiger partial charge in [-0.3, -0.25) is 4.79 Å². The van der Waals surface area contributed by atoms with E-state index >= 15 is 0 Å². The van der Waals surface area contributed by atoms with Crippen LogP contribution in [0.2, 0.25) is 0 Å². The van der Waals surface area contributed by atoms with E-state index in [0.29, 0.717) is 5.56 Å². The van der Waals surface area contributed by atoms with Crippen molar-refractivity contribution >= 4 is 32.5 Å². The van der Waals surface area contributed by atoms with E-state index in [2.05, 4.69) is 15.4 Å². The van der Waals surface area contributed by atoms with Crippen molar-refractivity contribution in [3.8, 4) is 11.1 Å². The van der Waals surface area contributed by atoms with Gasteiger partial charge in [-0.05, 0) is 18.2 Å². The van der Waals surface area contributed by atoms with Crippen LogP contribution in [0.5, 0.6) is 0 Å². The van der Waals surface area contributed by atoms with Crippen LogP contribution in [0, 0.1) is 0 Å². The van der Waals surface area contributed by atoms with Crippen LogP contribution in [-0.2, 0) is 0 Å². The van der Waals surface area contributed by atoms with Crippen LogP contribution in [0.25, 0.3) is 32.2 Å². The smallest absolute Gasteiger partial charge is 0.195 e. The molecule has 20 heavy (non-hydrogen) atoms. The highest BCUT2D eigenvalue weighted by Crippen LogP contribution is 2.27. The molecule has 4 aromatic rings. The molecule has 2 aromatic heterocycles. The van der Waals surface area contributed by atoms with E-state index < -0.39 is 0 Å². The third-order valence-corrected chi connectivity index (χ3v) is 4.28. The number of rotatable bonds is 1. The third-order valence-electron chi connectivity index (χ3n) is 3.32. The maximum atomic E-state index is 12.6. The highest BCUT2D eigenvalue weighted by molar-refractivity contribution is 7.16. The molecule has 0 unspecified atom stereocenters. The first-order valence-corrected chi connectivity index (χ1v) is 7.03. The zero-order valence-corrected chi connectivity index (χ0v) is 11.1. The van der Waals surface area contributed by atoms with E-state index in [1.165, 1.54) is 0 Å². The Bertz CT molecular complexity index is 987. The average Bonchev–Trinajstić information content (AvgIpc) is 2.97. The predicted octanol–water partition coefficient (Wildman–Crippen LogP) is 3.20. The van der Waals surface area contributed by atoms with E-state index in [4.69, 9.17) is 0 Å². The van der Waals surface area contributed by atoms with Gasteiger partial charge in [0.1, 0.15) is 11.0 Å². The molecule has 0 spiro atoms. The molecule has 0 fully saturated rings. The van der Waals surface area contributed by atoms with Crippen molar-refractivity contribution in [3.05, 3.63) is 58.1 Å². The van der Waals surface area contributed by atoms with E-state index in [1.807, 2.05) is 47.8 Å². The van der Waals surface area contributed by atoms with Gasteiger partial charge in [-0.15, -0.1) is 11.3 Å². The average molecular weight is 279 g/mol. The van der Waals surface area contributed by atoms with Gasteiger partial charge in [-0.1, -0.05) is 24.3 Å². The Kier molecular flexibility index (Phi) is 2.40. The van der Waals surface area contributed by atoms with Gasteiger partial charge in [0.2, 0.25) is 0 Å². The molecule has 1 N–H and O–H groups in total. The standard InChI is InChI=1S/C15H9N3OS/c19-15-10-4-1-2-7-13(10)20-8-11(15)9-5-3-6-12-14(9)17-18-16-12/h1-8H,(H,16,17,18). The lowest BCUT2D eigenvalue weighted by Crippen LogP contribution is -2.03. The minimum atomic E-state index is 0.0369. The number of nitrogens with zero attached hydrogens (tertiary/aromatic N) is 2. The number of H-pyrrole nitrogens is 1. The number of aromatic amines is 1. The second-order valence-corrected chi connectivity index (χ2v) is 5.38. The zero-order chi connectivity index (χ0) is 13.5. The number of hydrogen-bond donors (Lipinski definition) is 1. The summed E-state index contributed by atoms with van der Waals surface area (Å²) in [4.78, 5) is 12.6. The number of fused-ring (bicyclic) bond motifs is 2. The van der Waals surface area contributed by atoms with Crippen molar-refractivity contribution in [3.63, 3.8) is 0 Å². The predicted molar refractivity (Wildman–Crippen MR) is 81.0 cm³/mol. The summed E-state index contributed by atoms with van der Waals surface area (Å²) in [7, 11) is 0. The van der Waals surface area contributed by atoms with E-state index in [9.17, 15) is 4.79 Å². The number of nitrogens with one attached hydrogen (secondary N) is 1. The van der Waals surface area contributed by atoms with Crippen molar-refractivity contribution in [1.29, 1.82) is 0 Å². The molecule has 4 nitrogen and oxygen atoms in total. The molecule has 0 aliphatic carbocycles. The zero-order valence-electron chi connectivity index (χ0n) is 10.3. The van der Waals surface area contributed by atoms with Crippen LogP contribution in [-0.4, -0.2) is 15.4 Å². The Morgan fingerprint density at radius 1 is 0.950 bits per heavy atom. The number of hydrogen-bond acceptors (Lipinski definition) is 4. The molecule has 0 atom stereocenters. The summed E-state index contributed by atoms with van der Waals surface area (Å²) in [5.41, 5.74) is 3.03. The van der Waals surface area contributed by atoms with Crippen molar-refractivity contribution in [2.24, 2.45) is 0 Å². The second-order valence-electron chi connectivity index (χ2n) is 4.47. The molecule has 0 aliphatic rings. The molecule has 96 valence electrons. The van der Waals surface area contributed by atoms with Crippen LogP contribution < -0.4 is 5.43 Å². The van der Waals surface area contributed by atoms with Crippen molar-refractivity contribution < 1.29 is 0 Å². The minimum absolute atomic E-state index is 0.0369. The molecule has 0 radical (unpaired) electrons. The molecule has 0 aliphatic heterocycles. The normalized spacial score (nSPS) is 11.2. The van der Waals surface area contributed by atoms with E-state index in [0.717, 1.165) is 26.7 Å². The lowest BCUT2D eigenvalue weighted by atomic mass is 10.1. The fourth-order valence-corrected chi connectivity index (χ4v) is 3.27. The van der Waals surface area contributed by atoms with Gasteiger partial charge < -0.3 is 0 Å². The summed E-state index contributed by atoms with van der Waals surface area (Å²) in [5, 5.41) is 13.5. The number of aromatic nitrogens is 3. The summed E-state index contributed by atoms with van der Waals surface area (Å²) in [6.45, 7) is 0. The Morgan fingerprint density at radius 3 is 2.80 bits per heavy atom. The largest absolute Gasteiger partial charge is 0.289 e. The highest BCUT2D eigenvalue weighted by Gasteiger charge is 2.12. The molecule has 4 rings (SSSR count). The third kappa shape index (κ3) is 1.57. The van der Waals surface area contributed by atoms with Crippen LogP contribution in [0.4, 0.5) is 0 Å². The monoisotopic (exact) mass is 279 g/mol. The number of benzene rings is 2. The molecule has 5 heteroatoms. The molecule has 2 heterocycles. The molecule has 0 saturated carbocycles. The van der Waals surface area contributed by atoms with Gasteiger partial charge in [0, 0.05) is 26.6 Å². The van der Waals surface area contributed by atoms with Crippen LogP contribution in [0.3, 0.4) is 0 Å². The topological polar surface area (TPSA) is 58.6 Å². The first kappa shape index (κ1) is 11.3. The minimum Gasteiger partial charge on any atom is -0.289 e. The maximum Gasteiger partial charge on any atom is 0.195 e. The summed E-state index contributed by atoms with van der Waals surface area (Å²) < 4.78 is 0.994. The summed E-state index contributed by atoms with van der Waals surface area (Å²) >= 11 is 1.57. The van der Waals surface area contributed by atoms with Gasteiger partial charge in [0.25, 0.3) is 0 Å². The molecular weight excluding hydrogens is 270 g/mol. The van der Waals surface area contributed by atoms with Crippen LogP contribution >= 0.6 is 11.3 Å². The van der Waals surface area contributed by atoms with Crippen LogP contribution in [0.1, 0.15) is 0 Å². The Hall–Kier alpha value is -2.53. The van der Waals surface area contributed by atoms with Crippen LogP contribution in [0.15, 0.2) is 52.6 Å². The lowest BCUT2D eigenvalue weighted by molar-refractivity contribution is 0.959. The summed E-state index contributed by atoms with van der Waals surface area (Å²) in [6.07, 6.45) is 0. The fourth-order valence-electron chi connectivity index (χ4n) is 2.35. The molecule has 0 amide bonds. The number of para-hydroxylation sites is 1. The summed E-state index contributed by atoms with van der Waals surface area (Å²) in [5.74, 6) is 0.